The standard InChI is InChI=1S/C15H20BrN3O/c1-10-5-6-13(16)7-14(10)19-8-11(2)17-15(19)18-12(3)9-20-4/h5-8,12H,9H2,1-4H3,(H,17,18). The second-order valence-electron chi connectivity index (χ2n) is 5.01. The normalized spacial score (nSPS) is 12.4. The van der Waals surface area contributed by atoms with Crippen LogP contribution in [0.1, 0.15) is 18.2 Å². The summed E-state index contributed by atoms with van der Waals surface area (Å²) >= 11 is 3.53. The molecule has 0 spiro atoms. The number of ether oxygens (including phenoxy) is 1. The van der Waals surface area contributed by atoms with Gasteiger partial charge in [-0.15, -0.1) is 0 Å². The van der Waals surface area contributed by atoms with Gasteiger partial charge >= 0.3 is 0 Å². The van der Waals surface area contributed by atoms with Crippen LogP contribution in [0.15, 0.2) is 28.9 Å². The lowest BCUT2D eigenvalue weighted by Crippen LogP contribution is -2.23. The molecule has 108 valence electrons. The van der Waals surface area contributed by atoms with Gasteiger partial charge in [-0.1, -0.05) is 22.0 Å². The number of hydrogen-bond donors (Lipinski definition) is 1. The third kappa shape index (κ3) is 3.41. The molecular formula is C15H20BrN3O. The summed E-state index contributed by atoms with van der Waals surface area (Å²) in [6.45, 7) is 6.81. The minimum Gasteiger partial charge on any atom is -0.383 e. The first-order valence-corrected chi connectivity index (χ1v) is 7.38. The zero-order valence-corrected chi connectivity index (χ0v) is 13.9. The van der Waals surface area contributed by atoms with Gasteiger partial charge in [0.2, 0.25) is 5.95 Å². The molecule has 2 aromatic rings. The van der Waals surface area contributed by atoms with Crippen molar-refractivity contribution in [3.63, 3.8) is 0 Å². The van der Waals surface area contributed by atoms with Crippen LogP contribution in [-0.4, -0.2) is 29.3 Å². The van der Waals surface area contributed by atoms with E-state index in [1.165, 1.54) is 5.56 Å². The van der Waals surface area contributed by atoms with Crippen LogP contribution >= 0.6 is 15.9 Å². The van der Waals surface area contributed by atoms with Gasteiger partial charge in [-0.3, -0.25) is 4.57 Å². The van der Waals surface area contributed by atoms with Crippen LogP contribution < -0.4 is 5.32 Å². The number of anilines is 1. The molecule has 20 heavy (non-hydrogen) atoms. The molecule has 4 nitrogen and oxygen atoms in total. The predicted molar refractivity (Wildman–Crippen MR) is 85.7 cm³/mol. The lowest BCUT2D eigenvalue weighted by Gasteiger charge is -2.16. The summed E-state index contributed by atoms with van der Waals surface area (Å²) in [4.78, 5) is 4.56. The van der Waals surface area contributed by atoms with Crippen molar-refractivity contribution in [2.45, 2.75) is 26.8 Å². The Morgan fingerprint density at radius 2 is 2.15 bits per heavy atom. The van der Waals surface area contributed by atoms with Crippen LogP contribution in [0.4, 0.5) is 5.95 Å². The third-order valence-corrected chi connectivity index (χ3v) is 3.54. The number of methoxy groups -OCH3 is 1. The maximum atomic E-state index is 5.16. The first-order valence-electron chi connectivity index (χ1n) is 6.59. The highest BCUT2D eigenvalue weighted by molar-refractivity contribution is 9.10. The second kappa shape index (κ2) is 6.41. The maximum Gasteiger partial charge on any atom is 0.208 e. The molecule has 0 radical (unpaired) electrons. The van der Waals surface area contributed by atoms with Crippen molar-refractivity contribution >= 4 is 21.9 Å². The molecule has 2 rings (SSSR count). The van der Waals surface area contributed by atoms with Crippen LogP contribution in [0.25, 0.3) is 5.69 Å². The fraction of sp³-hybridized carbons (Fsp3) is 0.400. The van der Waals surface area contributed by atoms with Crippen molar-refractivity contribution in [1.29, 1.82) is 0 Å². The number of nitrogens with zero attached hydrogens (tertiary/aromatic N) is 2. The number of imidazole rings is 1. The van der Waals surface area contributed by atoms with Gasteiger partial charge in [0.15, 0.2) is 0 Å². The molecular weight excluding hydrogens is 318 g/mol. The Labute approximate surface area is 128 Å². The van der Waals surface area contributed by atoms with Crippen molar-refractivity contribution in [2.75, 3.05) is 19.0 Å². The lowest BCUT2D eigenvalue weighted by atomic mass is 10.2. The van der Waals surface area contributed by atoms with E-state index >= 15 is 0 Å². The molecule has 0 aliphatic rings. The second-order valence-corrected chi connectivity index (χ2v) is 5.92. The highest BCUT2D eigenvalue weighted by atomic mass is 79.9. The van der Waals surface area contributed by atoms with Crippen LogP contribution in [0.2, 0.25) is 0 Å². The quantitative estimate of drug-likeness (QED) is 0.904. The summed E-state index contributed by atoms with van der Waals surface area (Å²) in [5.74, 6) is 0.841. The minimum atomic E-state index is 0.202. The summed E-state index contributed by atoms with van der Waals surface area (Å²) in [5, 5.41) is 3.39. The third-order valence-electron chi connectivity index (χ3n) is 3.05. The van der Waals surface area contributed by atoms with Gasteiger partial charge in [0.25, 0.3) is 0 Å². The van der Waals surface area contributed by atoms with Crippen molar-refractivity contribution in [1.82, 2.24) is 9.55 Å². The van der Waals surface area contributed by atoms with Gasteiger partial charge in [0, 0.05) is 23.8 Å². The van der Waals surface area contributed by atoms with Gasteiger partial charge in [0.05, 0.1) is 18.0 Å². The summed E-state index contributed by atoms with van der Waals surface area (Å²) in [6.07, 6.45) is 2.04. The van der Waals surface area contributed by atoms with Crippen LogP contribution in [-0.2, 0) is 4.74 Å². The molecule has 5 heteroatoms. The van der Waals surface area contributed by atoms with Gasteiger partial charge in [-0.05, 0) is 38.5 Å². The molecule has 0 fully saturated rings. The Morgan fingerprint density at radius 1 is 1.40 bits per heavy atom. The zero-order valence-electron chi connectivity index (χ0n) is 12.3. The topological polar surface area (TPSA) is 39.1 Å². The average Bonchev–Trinajstić information content (AvgIpc) is 2.73. The molecule has 1 unspecified atom stereocenters. The summed E-state index contributed by atoms with van der Waals surface area (Å²) in [7, 11) is 1.70. The molecule has 0 saturated carbocycles. The van der Waals surface area contributed by atoms with E-state index in [1.807, 2.05) is 19.2 Å². The smallest absolute Gasteiger partial charge is 0.208 e. The molecule has 1 aromatic heterocycles. The first kappa shape index (κ1) is 15.1. The van der Waals surface area contributed by atoms with Crippen LogP contribution in [0.3, 0.4) is 0 Å². The molecule has 1 N–H and O–H groups in total. The highest BCUT2D eigenvalue weighted by Crippen LogP contribution is 2.24. The average molecular weight is 338 g/mol. The molecule has 0 bridgehead atoms. The van der Waals surface area contributed by atoms with E-state index in [0.29, 0.717) is 6.61 Å². The van der Waals surface area contributed by atoms with Crippen LogP contribution in [0, 0.1) is 13.8 Å². The van der Waals surface area contributed by atoms with E-state index in [1.54, 1.807) is 7.11 Å². The Morgan fingerprint density at radius 3 is 2.85 bits per heavy atom. The van der Waals surface area contributed by atoms with E-state index in [9.17, 15) is 0 Å². The summed E-state index contributed by atoms with van der Waals surface area (Å²) in [6, 6.07) is 6.44. The maximum absolute atomic E-state index is 5.16. The number of halogens is 1. The number of aromatic nitrogens is 2. The molecule has 0 saturated heterocycles. The molecule has 1 aromatic carbocycles. The zero-order chi connectivity index (χ0) is 14.7. The highest BCUT2D eigenvalue weighted by Gasteiger charge is 2.12. The van der Waals surface area contributed by atoms with Gasteiger partial charge in [0.1, 0.15) is 0 Å². The van der Waals surface area contributed by atoms with Crippen LogP contribution in [0.5, 0.6) is 0 Å². The Bertz CT molecular complexity index is 595. The van der Waals surface area contributed by atoms with Crippen molar-refractivity contribution in [2.24, 2.45) is 0 Å². The van der Waals surface area contributed by atoms with E-state index < -0.39 is 0 Å². The molecule has 0 amide bonds. The van der Waals surface area contributed by atoms with E-state index in [2.05, 4.69) is 56.8 Å². The lowest BCUT2D eigenvalue weighted by molar-refractivity contribution is 0.190. The Balaban J connectivity index is 2.38. The van der Waals surface area contributed by atoms with Gasteiger partial charge < -0.3 is 10.1 Å². The van der Waals surface area contributed by atoms with Crippen molar-refractivity contribution in [3.05, 3.63) is 40.1 Å². The largest absolute Gasteiger partial charge is 0.383 e. The van der Waals surface area contributed by atoms with Gasteiger partial charge in [-0.25, -0.2) is 4.98 Å². The molecule has 0 aliphatic heterocycles. The number of benzene rings is 1. The van der Waals surface area contributed by atoms with E-state index in [-0.39, 0.29) is 6.04 Å². The summed E-state index contributed by atoms with van der Waals surface area (Å²) < 4.78 is 8.30. The van der Waals surface area contributed by atoms with Gasteiger partial charge in [-0.2, -0.15) is 0 Å². The SMILES string of the molecule is COCC(C)Nc1nc(C)cn1-c1cc(Br)ccc1C. The monoisotopic (exact) mass is 337 g/mol. The Kier molecular flexibility index (Phi) is 4.83. The number of nitrogens with one attached hydrogen (secondary N) is 1. The fourth-order valence-electron chi connectivity index (χ4n) is 2.14. The number of hydrogen-bond acceptors (Lipinski definition) is 3. The fourth-order valence-corrected chi connectivity index (χ4v) is 2.49. The number of rotatable bonds is 5. The Hall–Kier alpha value is -1.33. The molecule has 1 heterocycles. The first-order chi connectivity index (χ1) is 9.51. The molecule has 0 aliphatic carbocycles. The van der Waals surface area contributed by atoms with Crippen molar-refractivity contribution < 1.29 is 4.74 Å². The minimum absolute atomic E-state index is 0.202. The van der Waals surface area contributed by atoms with Crippen molar-refractivity contribution in [3.8, 4) is 5.69 Å². The number of aryl methyl sites for hydroxylation is 2. The summed E-state index contributed by atoms with van der Waals surface area (Å²) in [5.41, 5.74) is 3.30. The predicted octanol–water partition coefficient (Wildman–Crippen LogP) is 3.70. The van der Waals surface area contributed by atoms with E-state index in [4.69, 9.17) is 4.74 Å². The van der Waals surface area contributed by atoms with E-state index in [0.717, 1.165) is 21.8 Å². The molecule has 1 atom stereocenters.